The molecule has 0 spiro atoms. The van der Waals surface area contributed by atoms with Crippen molar-refractivity contribution in [2.75, 3.05) is 19.7 Å². The van der Waals surface area contributed by atoms with E-state index in [9.17, 15) is 13.2 Å². The number of ether oxygens (including phenoxy) is 1. The van der Waals surface area contributed by atoms with E-state index < -0.39 is 12.6 Å². The highest BCUT2D eigenvalue weighted by Crippen LogP contribution is 2.20. The minimum Gasteiger partial charge on any atom is -0.378 e. The van der Waals surface area contributed by atoms with Crippen molar-refractivity contribution < 1.29 is 17.9 Å². The smallest absolute Gasteiger partial charge is 0.378 e. The molecule has 2 atom stereocenters. The van der Waals surface area contributed by atoms with E-state index in [4.69, 9.17) is 4.74 Å². The first kappa shape index (κ1) is 11.8. The van der Waals surface area contributed by atoms with Crippen molar-refractivity contribution in [3.8, 4) is 0 Å². The maximum Gasteiger partial charge on any atom is 0.390 e. The molecule has 0 aromatic carbocycles. The molecule has 2 unspecified atom stereocenters. The highest BCUT2D eigenvalue weighted by Gasteiger charge is 2.27. The van der Waals surface area contributed by atoms with Gasteiger partial charge in [-0.15, -0.1) is 0 Å². The molecular formula is C9H16F3NO. The lowest BCUT2D eigenvalue weighted by Gasteiger charge is -2.15. The first-order valence-corrected chi connectivity index (χ1v) is 4.88. The molecule has 1 aliphatic rings. The third kappa shape index (κ3) is 4.28. The lowest BCUT2D eigenvalue weighted by molar-refractivity contribution is -0.133. The average Bonchev–Trinajstić information content (AvgIpc) is 2.44. The minimum absolute atomic E-state index is 0.00667. The first-order valence-electron chi connectivity index (χ1n) is 4.88. The third-order valence-corrected chi connectivity index (χ3v) is 2.53. The maximum absolute atomic E-state index is 11.8. The second-order valence-electron chi connectivity index (χ2n) is 3.69. The zero-order valence-corrected chi connectivity index (χ0v) is 8.23. The fourth-order valence-corrected chi connectivity index (χ4v) is 1.56. The molecular weight excluding hydrogens is 195 g/mol. The van der Waals surface area contributed by atoms with Crippen LogP contribution in [0.5, 0.6) is 0 Å². The normalized spacial score (nSPS) is 28.3. The lowest BCUT2D eigenvalue weighted by Crippen LogP contribution is -2.29. The monoisotopic (exact) mass is 211 g/mol. The van der Waals surface area contributed by atoms with Gasteiger partial charge in [0.25, 0.3) is 0 Å². The van der Waals surface area contributed by atoms with Crippen molar-refractivity contribution in [2.45, 2.75) is 32.0 Å². The summed E-state index contributed by atoms with van der Waals surface area (Å²) in [4.78, 5) is 0. The Bertz CT molecular complexity index is 172. The van der Waals surface area contributed by atoms with E-state index in [0.29, 0.717) is 12.5 Å². The standard InChI is InChI=1S/C9H16F3NO/c1-7-8(2-5-14-7)6-13-4-3-9(10,11)12/h7-8,13H,2-6H2,1H3. The van der Waals surface area contributed by atoms with Crippen molar-refractivity contribution >= 4 is 0 Å². The van der Waals surface area contributed by atoms with Gasteiger partial charge >= 0.3 is 6.18 Å². The number of alkyl halides is 3. The van der Waals surface area contributed by atoms with Gasteiger partial charge in [0.05, 0.1) is 12.5 Å². The van der Waals surface area contributed by atoms with Crippen LogP contribution in [0.25, 0.3) is 0 Å². The Morgan fingerprint density at radius 1 is 1.43 bits per heavy atom. The van der Waals surface area contributed by atoms with Crippen LogP contribution in [0.3, 0.4) is 0 Å². The largest absolute Gasteiger partial charge is 0.390 e. The third-order valence-electron chi connectivity index (χ3n) is 2.53. The fourth-order valence-electron chi connectivity index (χ4n) is 1.56. The van der Waals surface area contributed by atoms with Gasteiger partial charge in [-0.2, -0.15) is 13.2 Å². The van der Waals surface area contributed by atoms with Gasteiger partial charge < -0.3 is 10.1 Å². The summed E-state index contributed by atoms with van der Waals surface area (Å²) in [5.74, 6) is 0.364. The molecule has 0 aromatic heterocycles. The molecule has 0 aliphatic carbocycles. The summed E-state index contributed by atoms with van der Waals surface area (Å²) in [6.07, 6.45) is -3.69. The molecule has 1 N–H and O–H groups in total. The molecule has 14 heavy (non-hydrogen) atoms. The summed E-state index contributed by atoms with van der Waals surface area (Å²) in [5, 5.41) is 2.81. The maximum atomic E-state index is 11.8. The number of rotatable bonds is 4. The highest BCUT2D eigenvalue weighted by molar-refractivity contribution is 4.74. The first-order chi connectivity index (χ1) is 6.49. The Labute approximate surface area is 81.8 Å². The van der Waals surface area contributed by atoms with Gasteiger partial charge in [-0.3, -0.25) is 0 Å². The van der Waals surface area contributed by atoms with Crippen molar-refractivity contribution in [3.05, 3.63) is 0 Å². The van der Waals surface area contributed by atoms with E-state index >= 15 is 0 Å². The molecule has 84 valence electrons. The van der Waals surface area contributed by atoms with Crippen molar-refractivity contribution in [3.63, 3.8) is 0 Å². The van der Waals surface area contributed by atoms with Crippen LogP contribution >= 0.6 is 0 Å². The van der Waals surface area contributed by atoms with Crippen molar-refractivity contribution in [1.29, 1.82) is 0 Å². The fraction of sp³-hybridized carbons (Fsp3) is 1.00. The molecule has 0 aromatic rings. The van der Waals surface area contributed by atoms with Crippen LogP contribution in [0.1, 0.15) is 19.8 Å². The summed E-state index contributed by atoms with van der Waals surface area (Å²) in [6.45, 7) is 3.32. The van der Waals surface area contributed by atoms with Crippen LogP contribution in [-0.4, -0.2) is 32.0 Å². The molecule has 1 heterocycles. The molecule has 0 radical (unpaired) electrons. The molecule has 2 nitrogen and oxygen atoms in total. The zero-order valence-electron chi connectivity index (χ0n) is 8.23. The van der Waals surface area contributed by atoms with E-state index in [1.807, 2.05) is 6.92 Å². The van der Waals surface area contributed by atoms with Crippen LogP contribution in [0.15, 0.2) is 0 Å². The van der Waals surface area contributed by atoms with E-state index in [-0.39, 0.29) is 12.6 Å². The number of hydrogen-bond acceptors (Lipinski definition) is 2. The van der Waals surface area contributed by atoms with Gasteiger partial charge in [-0.25, -0.2) is 0 Å². The molecule has 1 aliphatic heterocycles. The van der Waals surface area contributed by atoms with Gasteiger partial charge in [0, 0.05) is 19.7 Å². The van der Waals surface area contributed by atoms with Gasteiger partial charge in [0.2, 0.25) is 0 Å². The molecule has 0 saturated carbocycles. The molecule has 0 amide bonds. The number of nitrogens with one attached hydrogen (secondary N) is 1. The van der Waals surface area contributed by atoms with Crippen molar-refractivity contribution in [1.82, 2.24) is 5.32 Å². The number of hydrogen-bond donors (Lipinski definition) is 1. The van der Waals surface area contributed by atoms with Gasteiger partial charge in [0.1, 0.15) is 0 Å². The van der Waals surface area contributed by atoms with Crippen LogP contribution in [0.4, 0.5) is 13.2 Å². The summed E-state index contributed by atoms with van der Waals surface area (Å²) < 4.78 is 40.6. The Morgan fingerprint density at radius 3 is 2.64 bits per heavy atom. The zero-order chi connectivity index (χ0) is 10.6. The Kier molecular flexibility index (Phi) is 4.19. The van der Waals surface area contributed by atoms with Gasteiger partial charge in [-0.05, 0) is 19.3 Å². The predicted molar refractivity (Wildman–Crippen MR) is 47.1 cm³/mol. The Morgan fingerprint density at radius 2 is 2.14 bits per heavy atom. The lowest BCUT2D eigenvalue weighted by atomic mass is 10.0. The van der Waals surface area contributed by atoms with Crippen molar-refractivity contribution in [2.24, 2.45) is 5.92 Å². The summed E-state index contributed by atoms with van der Waals surface area (Å²) in [7, 11) is 0. The quantitative estimate of drug-likeness (QED) is 0.718. The second-order valence-corrected chi connectivity index (χ2v) is 3.69. The summed E-state index contributed by atoms with van der Waals surface area (Å²) in [5.41, 5.74) is 0. The molecule has 1 rings (SSSR count). The highest BCUT2D eigenvalue weighted by atomic mass is 19.4. The van der Waals surface area contributed by atoms with E-state index in [1.54, 1.807) is 0 Å². The van der Waals surface area contributed by atoms with E-state index in [0.717, 1.165) is 13.0 Å². The minimum atomic E-state index is -4.05. The van der Waals surface area contributed by atoms with Crippen LogP contribution < -0.4 is 5.32 Å². The summed E-state index contributed by atoms with van der Waals surface area (Å²) >= 11 is 0. The predicted octanol–water partition coefficient (Wildman–Crippen LogP) is 1.95. The van der Waals surface area contributed by atoms with Crippen LogP contribution in [0.2, 0.25) is 0 Å². The SMILES string of the molecule is CC1OCCC1CNCCC(F)(F)F. The van der Waals surface area contributed by atoms with E-state index in [2.05, 4.69) is 5.32 Å². The second kappa shape index (κ2) is 4.98. The Hall–Kier alpha value is -0.290. The average molecular weight is 211 g/mol. The van der Waals surface area contributed by atoms with Crippen LogP contribution in [0, 0.1) is 5.92 Å². The van der Waals surface area contributed by atoms with Gasteiger partial charge in [0.15, 0.2) is 0 Å². The Balaban J connectivity index is 2.04. The molecule has 5 heteroatoms. The summed E-state index contributed by atoms with van der Waals surface area (Å²) in [6, 6.07) is 0. The van der Waals surface area contributed by atoms with E-state index in [1.165, 1.54) is 0 Å². The molecule has 1 fully saturated rings. The molecule has 0 bridgehead atoms. The number of halogens is 3. The topological polar surface area (TPSA) is 21.3 Å². The van der Waals surface area contributed by atoms with Crippen LogP contribution in [-0.2, 0) is 4.74 Å². The van der Waals surface area contributed by atoms with Gasteiger partial charge in [-0.1, -0.05) is 0 Å². The molecule has 1 saturated heterocycles.